The molecule has 5 rings (SSSR count). The van der Waals surface area contributed by atoms with E-state index in [4.69, 9.17) is 4.74 Å². The van der Waals surface area contributed by atoms with Crippen LogP contribution in [0.5, 0.6) is 5.75 Å². The zero-order chi connectivity index (χ0) is 14.5. The van der Waals surface area contributed by atoms with Crippen LogP contribution in [0, 0.1) is 0 Å². The first-order valence-corrected chi connectivity index (χ1v) is 7.61. The van der Waals surface area contributed by atoms with E-state index in [0.29, 0.717) is 6.61 Å². The zero-order valence-electron chi connectivity index (χ0n) is 12.1. The number of fused-ring (bicyclic) bond motifs is 6. The average Bonchev–Trinajstić information content (AvgIpc) is 2.60. The summed E-state index contributed by atoms with van der Waals surface area (Å²) in [5.41, 5.74) is 8.83. The lowest BCUT2D eigenvalue weighted by Crippen LogP contribution is -2.11. The van der Waals surface area contributed by atoms with Crippen LogP contribution in [-0.2, 0) is 13.2 Å². The lowest BCUT2D eigenvalue weighted by atomic mass is 9.89. The van der Waals surface area contributed by atoms with Gasteiger partial charge in [-0.05, 0) is 28.3 Å². The van der Waals surface area contributed by atoms with E-state index in [-0.39, 0.29) is 0 Å². The van der Waals surface area contributed by atoms with Gasteiger partial charge in [0, 0.05) is 29.4 Å². The Morgan fingerprint density at radius 3 is 2.32 bits per heavy atom. The fourth-order valence-corrected chi connectivity index (χ4v) is 3.47. The Morgan fingerprint density at radius 2 is 1.45 bits per heavy atom. The molecule has 0 aromatic heterocycles. The van der Waals surface area contributed by atoms with Gasteiger partial charge in [-0.1, -0.05) is 48.5 Å². The molecular formula is C20H15NO. The van der Waals surface area contributed by atoms with Crippen LogP contribution in [0.1, 0.15) is 11.1 Å². The summed E-state index contributed by atoms with van der Waals surface area (Å²) in [6, 6.07) is 21.5. The third kappa shape index (κ3) is 1.61. The number of hydrogen-bond donors (Lipinski definition) is 1. The number of anilines is 1. The maximum atomic E-state index is 5.96. The molecule has 0 unspecified atom stereocenters. The second kappa shape index (κ2) is 4.38. The maximum Gasteiger partial charge on any atom is 0.129 e. The molecule has 2 nitrogen and oxygen atoms in total. The van der Waals surface area contributed by atoms with Gasteiger partial charge in [0.1, 0.15) is 12.4 Å². The molecule has 22 heavy (non-hydrogen) atoms. The van der Waals surface area contributed by atoms with Crippen LogP contribution in [0.3, 0.4) is 0 Å². The molecule has 2 heterocycles. The zero-order valence-corrected chi connectivity index (χ0v) is 12.1. The molecule has 0 spiro atoms. The van der Waals surface area contributed by atoms with Crippen LogP contribution in [0.4, 0.5) is 5.69 Å². The highest BCUT2D eigenvalue weighted by Crippen LogP contribution is 2.45. The molecule has 0 saturated heterocycles. The molecule has 0 bridgehead atoms. The number of hydrogen-bond acceptors (Lipinski definition) is 2. The Bertz CT molecular complexity index is 827. The molecular weight excluding hydrogens is 270 g/mol. The highest BCUT2D eigenvalue weighted by molar-refractivity contribution is 5.90. The Labute approximate surface area is 129 Å². The molecule has 0 amide bonds. The number of rotatable bonds is 0. The minimum atomic E-state index is 0.651. The molecule has 1 N–H and O–H groups in total. The summed E-state index contributed by atoms with van der Waals surface area (Å²) in [7, 11) is 0. The first-order valence-electron chi connectivity index (χ1n) is 7.61. The highest BCUT2D eigenvalue weighted by Gasteiger charge is 2.22. The summed E-state index contributed by atoms with van der Waals surface area (Å²) >= 11 is 0. The van der Waals surface area contributed by atoms with Gasteiger partial charge in [-0.15, -0.1) is 0 Å². The van der Waals surface area contributed by atoms with Gasteiger partial charge in [0.05, 0.1) is 0 Å². The predicted octanol–water partition coefficient (Wildman–Crippen LogP) is 4.84. The van der Waals surface area contributed by atoms with E-state index in [1.807, 2.05) is 0 Å². The smallest absolute Gasteiger partial charge is 0.129 e. The molecule has 0 atom stereocenters. The van der Waals surface area contributed by atoms with Crippen molar-refractivity contribution < 1.29 is 4.74 Å². The van der Waals surface area contributed by atoms with Crippen molar-refractivity contribution in [3.63, 3.8) is 0 Å². The standard InChI is InChI=1S/C20H15NO/c1-3-7-15-13(5-1)11-21-19-10-20-18(9-17(15)19)16-8-4-2-6-14(16)12-22-20/h1-10,21H,11-12H2. The van der Waals surface area contributed by atoms with E-state index in [1.165, 1.54) is 33.4 Å². The quantitative estimate of drug-likeness (QED) is 0.638. The summed E-state index contributed by atoms with van der Waals surface area (Å²) in [6.45, 7) is 1.52. The van der Waals surface area contributed by atoms with Gasteiger partial charge in [0.25, 0.3) is 0 Å². The van der Waals surface area contributed by atoms with E-state index in [1.54, 1.807) is 0 Å². The summed E-state index contributed by atoms with van der Waals surface area (Å²) in [4.78, 5) is 0. The van der Waals surface area contributed by atoms with Crippen molar-refractivity contribution in [1.82, 2.24) is 0 Å². The van der Waals surface area contributed by atoms with Gasteiger partial charge >= 0.3 is 0 Å². The van der Waals surface area contributed by atoms with Gasteiger partial charge < -0.3 is 10.1 Å². The fraction of sp³-hybridized carbons (Fsp3) is 0.100. The van der Waals surface area contributed by atoms with E-state index >= 15 is 0 Å². The van der Waals surface area contributed by atoms with Crippen LogP contribution >= 0.6 is 0 Å². The van der Waals surface area contributed by atoms with E-state index < -0.39 is 0 Å². The van der Waals surface area contributed by atoms with Crippen molar-refractivity contribution in [3.8, 4) is 28.0 Å². The molecule has 3 aromatic rings. The SMILES string of the molecule is c1ccc2c(c1)CNc1cc3c(cc1-2)-c1ccccc1CO3. The van der Waals surface area contributed by atoms with Crippen molar-refractivity contribution in [1.29, 1.82) is 0 Å². The third-order valence-electron chi connectivity index (χ3n) is 4.59. The van der Waals surface area contributed by atoms with Gasteiger partial charge in [-0.2, -0.15) is 0 Å². The van der Waals surface area contributed by atoms with E-state index in [2.05, 4.69) is 66.0 Å². The topological polar surface area (TPSA) is 21.3 Å². The van der Waals surface area contributed by atoms with Crippen LogP contribution in [-0.4, -0.2) is 0 Å². The van der Waals surface area contributed by atoms with Crippen LogP contribution in [0.2, 0.25) is 0 Å². The van der Waals surface area contributed by atoms with Crippen molar-refractivity contribution in [2.75, 3.05) is 5.32 Å². The molecule has 3 aromatic carbocycles. The van der Waals surface area contributed by atoms with Crippen molar-refractivity contribution in [3.05, 3.63) is 71.8 Å². The lowest BCUT2D eigenvalue weighted by molar-refractivity contribution is 0.302. The maximum absolute atomic E-state index is 5.96. The number of benzene rings is 3. The molecule has 106 valence electrons. The normalized spacial score (nSPS) is 13.8. The van der Waals surface area contributed by atoms with Gasteiger partial charge in [0.2, 0.25) is 0 Å². The Hall–Kier alpha value is -2.74. The second-order valence-corrected chi connectivity index (χ2v) is 5.85. The summed E-state index contributed by atoms with van der Waals surface area (Å²) in [5, 5.41) is 3.51. The van der Waals surface area contributed by atoms with Crippen LogP contribution in [0.25, 0.3) is 22.3 Å². The molecule has 0 saturated carbocycles. The molecule has 0 fully saturated rings. The largest absolute Gasteiger partial charge is 0.488 e. The molecule has 0 aliphatic carbocycles. The Kier molecular flexibility index (Phi) is 2.36. The minimum Gasteiger partial charge on any atom is -0.488 e. The molecule has 0 radical (unpaired) electrons. The average molecular weight is 285 g/mol. The number of nitrogens with one attached hydrogen (secondary N) is 1. The first-order chi connectivity index (χ1) is 10.9. The summed E-state index contributed by atoms with van der Waals surface area (Å²) in [6.07, 6.45) is 0. The summed E-state index contributed by atoms with van der Waals surface area (Å²) < 4.78 is 5.96. The van der Waals surface area contributed by atoms with Crippen molar-refractivity contribution in [2.45, 2.75) is 13.2 Å². The van der Waals surface area contributed by atoms with Gasteiger partial charge in [-0.25, -0.2) is 0 Å². The molecule has 2 aliphatic heterocycles. The van der Waals surface area contributed by atoms with Crippen LogP contribution < -0.4 is 10.1 Å². The van der Waals surface area contributed by atoms with Crippen molar-refractivity contribution >= 4 is 5.69 Å². The fourth-order valence-electron chi connectivity index (χ4n) is 3.47. The van der Waals surface area contributed by atoms with Gasteiger partial charge in [0.15, 0.2) is 0 Å². The van der Waals surface area contributed by atoms with Crippen molar-refractivity contribution in [2.24, 2.45) is 0 Å². The Balaban J connectivity index is 1.78. The monoisotopic (exact) mass is 285 g/mol. The molecule has 2 aliphatic rings. The predicted molar refractivity (Wildman–Crippen MR) is 89.0 cm³/mol. The third-order valence-corrected chi connectivity index (χ3v) is 4.59. The Morgan fingerprint density at radius 1 is 0.727 bits per heavy atom. The summed E-state index contributed by atoms with van der Waals surface area (Å²) in [5.74, 6) is 0.976. The van der Waals surface area contributed by atoms with Crippen LogP contribution in [0.15, 0.2) is 60.7 Å². The lowest BCUT2D eigenvalue weighted by Gasteiger charge is -2.27. The minimum absolute atomic E-state index is 0.651. The van der Waals surface area contributed by atoms with E-state index in [0.717, 1.165) is 18.0 Å². The second-order valence-electron chi connectivity index (χ2n) is 5.85. The van der Waals surface area contributed by atoms with E-state index in [9.17, 15) is 0 Å². The highest BCUT2D eigenvalue weighted by atomic mass is 16.5. The van der Waals surface area contributed by atoms with Gasteiger partial charge in [-0.3, -0.25) is 0 Å². The number of ether oxygens (including phenoxy) is 1. The first kappa shape index (κ1) is 11.9. The molecule has 2 heteroatoms.